The van der Waals surface area contributed by atoms with Gasteiger partial charge in [0.2, 0.25) is 10.0 Å². The van der Waals surface area contributed by atoms with Crippen LogP contribution in [0.4, 0.5) is 11.4 Å². The molecule has 28 heavy (non-hydrogen) atoms. The largest absolute Gasteiger partial charge is 0.378 e. The molecule has 1 saturated heterocycles. The number of ether oxygens (including phenoxy) is 1. The van der Waals surface area contributed by atoms with Crippen LogP contribution in [0.15, 0.2) is 47.4 Å². The molecule has 2 aromatic rings. The van der Waals surface area contributed by atoms with Gasteiger partial charge in [-0.2, -0.15) is 4.31 Å². The van der Waals surface area contributed by atoms with Crippen molar-refractivity contribution in [2.24, 2.45) is 0 Å². The van der Waals surface area contributed by atoms with Crippen LogP contribution >= 0.6 is 0 Å². The van der Waals surface area contributed by atoms with Gasteiger partial charge in [0.25, 0.3) is 5.69 Å². The highest BCUT2D eigenvalue weighted by Gasteiger charge is 2.26. The van der Waals surface area contributed by atoms with Gasteiger partial charge in [-0.1, -0.05) is 24.3 Å². The number of rotatable bonds is 6. The van der Waals surface area contributed by atoms with Crippen molar-refractivity contribution in [2.45, 2.75) is 18.4 Å². The van der Waals surface area contributed by atoms with Crippen LogP contribution in [-0.2, 0) is 21.3 Å². The van der Waals surface area contributed by atoms with Gasteiger partial charge in [-0.25, -0.2) is 8.42 Å². The molecule has 1 aliphatic heterocycles. The zero-order valence-electron chi connectivity index (χ0n) is 15.9. The topological polar surface area (TPSA) is 93.0 Å². The molecule has 8 nitrogen and oxygen atoms in total. The Bertz CT molecular complexity index is 971. The maximum absolute atomic E-state index is 13.1. The van der Waals surface area contributed by atoms with E-state index < -0.39 is 14.9 Å². The standard InChI is InChI=1S/C19H23N3O5S/c1-15-7-8-17(22(23)24)13-19(15)28(25,26)20(2)14-16-5-3-4-6-18(16)21-9-11-27-12-10-21/h3-8,13H,9-12,14H2,1-2H3. The first kappa shape index (κ1) is 20.2. The average molecular weight is 405 g/mol. The summed E-state index contributed by atoms with van der Waals surface area (Å²) in [4.78, 5) is 12.6. The highest BCUT2D eigenvalue weighted by molar-refractivity contribution is 7.89. The summed E-state index contributed by atoms with van der Waals surface area (Å²) < 4.78 is 32.8. The lowest BCUT2D eigenvalue weighted by atomic mass is 10.1. The third-order valence-electron chi connectivity index (χ3n) is 4.81. The number of hydrogen-bond donors (Lipinski definition) is 0. The predicted molar refractivity (Wildman–Crippen MR) is 106 cm³/mol. The molecule has 1 fully saturated rings. The number of aryl methyl sites for hydroxylation is 1. The first-order chi connectivity index (χ1) is 13.3. The van der Waals surface area contributed by atoms with E-state index >= 15 is 0 Å². The van der Waals surface area contributed by atoms with Crippen molar-refractivity contribution in [1.29, 1.82) is 0 Å². The monoisotopic (exact) mass is 405 g/mol. The molecule has 0 unspecified atom stereocenters. The molecule has 0 aliphatic carbocycles. The van der Waals surface area contributed by atoms with Crippen LogP contribution in [0.1, 0.15) is 11.1 Å². The molecule has 150 valence electrons. The van der Waals surface area contributed by atoms with E-state index in [2.05, 4.69) is 4.90 Å². The summed E-state index contributed by atoms with van der Waals surface area (Å²) in [5.74, 6) is 0. The SMILES string of the molecule is Cc1ccc([N+](=O)[O-])cc1S(=O)(=O)N(C)Cc1ccccc1N1CCOCC1. The second kappa shape index (κ2) is 8.26. The minimum Gasteiger partial charge on any atom is -0.378 e. The van der Waals surface area contributed by atoms with Crippen LogP contribution in [0.25, 0.3) is 0 Å². The van der Waals surface area contributed by atoms with E-state index in [-0.39, 0.29) is 17.1 Å². The number of benzene rings is 2. The Balaban J connectivity index is 1.90. The maximum atomic E-state index is 13.1. The van der Waals surface area contributed by atoms with Crippen molar-refractivity contribution in [2.75, 3.05) is 38.3 Å². The minimum atomic E-state index is -3.89. The summed E-state index contributed by atoms with van der Waals surface area (Å²) in [6.45, 7) is 4.56. The smallest absolute Gasteiger partial charge is 0.270 e. The second-order valence-electron chi connectivity index (χ2n) is 6.70. The molecule has 0 N–H and O–H groups in total. The molecular formula is C19H23N3O5S. The summed E-state index contributed by atoms with van der Waals surface area (Å²) in [6, 6.07) is 11.6. The molecule has 1 heterocycles. The van der Waals surface area contributed by atoms with Crippen LogP contribution < -0.4 is 4.90 Å². The molecule has 0 spiro atoms. The summed E-state index contributed by atoms with van der Waals surface area (Å²) >= 11 is 0. The number of para-hydroxylation sites is 1. The van der Waals surface area contributed by atoms with Crippen LogP contribution in [-0.4, -0.2) is 51.0 Å². The van der Waals surface area contributed by atoms with Gasteiger partial charge in [0.15, 0.2) is 0 Å². The average Bonchev–Trinajstić information content (AvgIpc) is 2.69. The normalized spacial score (nSPS) is 15.0. The van der Waals surface area contributed by atoms with Crippen molar-refractivity contribution in [1.82, 2.24) is 4.31 Å². The molecule has 1 aliphatic rings. The zero-order valence-corrected chi connectivity index (χ0v) is 16.7. The lowest BCUT2D eigenvalue weighted by Gasteiger charge is -2.31. The van der Waals surface area contributed by atoms with E-state index in [4.69, 9.17) is 4.74 Å². The van der Waals surface area contributed by atoms with E-state index in [0.717, 1.165) is 30.4 Å². The Hall–Kier alpha value is -2.49. The number of nitro benzene ring substituents is 1. The fraction of sp³-hybridized carbons (Fsp3) is 0.368. The third-order valence-corrected chi connectivity index (χ3v) is 6.75. The van der Waals surface area contributed by atoms with Crippen LogP contribution in [0.5, 0.6) is 0 Å². The summed E-state index contributed by atoms with van der Waals surface area (Å²) in [5, 5.41) is 11.1. The summed E-state index contributed by atoms with van der Waals surface area (Å²) in [7, 11) is -2.40. The van der Waals surface area contributed by atoms with Crippen LogP contribution in [0.2, 0.25) is 0 Å². The van der Waals surface area contributed by atoms with E-state index in [1.807, 2.05) is 24.3 Å². The number of non-ortho nitro benzene ring substituents is 1. The van der Waals surface area contributed by atoms with Gasteiger partial charge in [-0.05, 0) is 24.1 Å². The molecule has 9 heteroatoms. The highest BCUT2D eigenvalue weighted by atomic mass is 32.2. The Labute approximate surface area is 164 Å². The van der Waals surface area contributed by atoms with Crippen molar-refractivity contribution >= 4 is 21.4 Å². The second-order valence-corrected chi connectivity index (χ2v) is 8.71. The number of nitro groups is 1. The molecule has 3 rings (SSSR count). The minimum absolute atomic E-state index is 0.0481. The third kappa shape index (κ3) is 4.16. The van der Waals surface area contributed by atoms with Crippen LogP contribution in [0, 0.1) is 17.0 Å². The number of sulfonamides is 1. The molecule has 0 radical (unpaired) electrons. The van der Waals surface area contributed by atoms with Gasteiger partial charge in [-0.3, -0.25) is 10.1 Å². The molecule has 0 saturated carbocycles. The molecule has 2 aromatic carbocycles. The maximum Gasteiger partial charge on any atom is 0.270 e. The Kier molecular flexibility index (Phi) is 5.97. The van der Waals surface area contributed by atoms with Gasteiger partial charge >= 0.3 is 0 Å². The first-order valence-corrected chi connectivity index (χ1v) is 10.4. The number of nitrogens with zero attached hydrogens (tertiary/aromatic N) is 3. The first-order valence-electron chi connectivity index (χ1n) is 8.92. The number of anilines is 1. The zero-order chi connectivity index (χ0) is 20.3. The number of hydrogen-bond acceptors (Lipinski definition) is 6. The van der Waals surface area contributed by atoms with Crippen molar-refractivity contribution in [3.63, 3.8) is 0 Å². The Morgan fingerprint density at radius 3 is 2.54 bits per heavy atom. The lowest BCUT2D eigenvalue weighted by molar-refractivity contribution is -0.385. The highest BCUT2D eigenvalue weighted by Crippen LogP contribution is 2.28. The molecular weight excluding hydrogens is 382 g/mol. The van der Waals surface area contributed by atoms with Crippen molar-refractivity contribution < 1.29 is 18.1 Å². The Morgan fingerprint density at radius 2 is 1.86 bits per heavy atom. The van der Waals surface area contributed by atoms with Gasteiger partial charge < -0.3 is 9.64 Å². The van der Waals surface area contributed by atoms with Gasteiger partial charge in [0, 0.05) is 44.5 Å². The lowest BCUT2D eigenvalue weighted by Crippen LogP contribution is -2.37. The summed E-state index contributed by atoms with van der Waals surface area (Å²) in [5.41, 5.74) is 2.08. The molecule has 0 aromatic heterocycles. The fourth-order valence-corrected chi connectivity index (χ4v) is 4.62. The van der Waals surface area contributed by atoms with Crippen molar-refractivity contribution in [3.8, 4) is 0 Å². The predicted octanol–water partition coefficient (Wildman–Crippen LogP) is 2.56. The summed E-state index contributed by atoms with van der Waals surface area (Å²) in [6.07, 6.45) is 0. The van der Waals surface area contributed by atoms with E-state index in [1.165, 1.54) is 23.5 Å². The quantitative estimate of drug-likeness (QED) is 0.542. The van der Waals surface area contributed by atoms with E-state index in [9.17, 15) is 18.5 Å². The Morgan fingerprint density at radius 1 is 1.18 bits per heavy atom. The van der Waals surface area contributed by atoms with Gasteiger partial charge in [0.1, 0.15) is 0 Å². The van der Waals surface area contributed by atoms with Gasteiger partial charge in [-0.15, -0.1) is 0 Å². The number of morpholine rings is 1. The van der Waals surface area contributed by atoms with Gasteiger partial charge in [0.05, 0.1) is 23.0 Å². The van der Waals surface area contributed by atoms with E-state index in [0.29, 0.717) is 18.8 Å². The van der Waals surface area contributed by atoms with E-state index in [1.54, 1.807) is 6.92 Å². The van der Waals surface area contributed by atoms with Crippen LogP contribution in [0.3, 0.4) is 0 Å². The molecule has 0 atom stereocenters. The van der Waals surface area contributed by atoms with Crippen molar-refractivity contribution in [3.05, 3.63) is 63.7 Å². The molecule has 0 bridgehead atoms. The fourth-order valence-electron chi connectivity index (χ4n) is 3.23. The molecule has 0 amide bonds.